The monoisotopic (exact) mass is 486 g/mol. The molecule has 0 aliphatic carbocycles. The Morgan fingerprint density at radius 1 is 1.12 bits per heavy atom. The number of rotatable bonds is 8. The van der Waals surface area contributed by atoms with Gasteiger partial charge in [0, 0.05) is 17.2 Å². The van der Waals surface area contributed by atoms with Crippen molar-refractivity contribution in [1.82, 2.24) is 5.43 Å². The zero-order chi connectivity index (χ0) is 24.0. The maximum atomic E-state index is 13.3. The molecule has 3 rings (SSSR count). The van der Waals surface area contributed by atoms with Crippen molar-refractivity contribution >= 4 is 45.1 Å². The van der Waals surface area contributed by atoms with Crippen molar-refractivity contribution in [1.29, 1.82) is 0 Å². The Kier molecular flexibility index (Phi) is 7.41. The first-order chi connectivity index (χ1) is 15.7. The second-order valence-electron chi connectivity index (χ2n) is 6.90. The lowest BCUT2D eigenvalue weighted by Gasteiger charge is -2.24. The molecule has 0 heterocycles. The number of hydrogen-bond acceptors (Lipinski definition) is 6. The first kappa shape index (κ1) is 23.9. The molecule has 9 nitrogen and oxygen atoms in total. The number of halogens is 1. The molecule has 3 aromatic carbocycles. The van der Waals surface area contributed by atoms with Crippen LogP contribution in [0.3, 0.4) is 0 Å². The number of aryl methyl sites for hydroxylation is 1. The molecule has 0 spiro atoms. The van der Waals surface area contributed by atoms with Gasteiger partial charge in [-0.25, -0.2) is 13.8 Å². The molecular formula is C22H19ClN4O5S. The number of amides is 1. The van der Waals surface area contributed by atoms with Gasteiger partial charge in [0.15, 0.2) is 0 Å². The smallest absolute Gasteiger partial charge is 0.269 e. The lowest BCUT2D eigenvalue weighted by atomic mass is 10.2. The van der Waals surface area contributed by atoms with Gasteiger partial charge in [0.05, 0.1) is 21.7 Å². The molecule has 0 unspecified atom stereocenters. The van der Waals surface area contributed by atoms with Crippen LogP contribution in [0.2, 0.25) is 5.02 Å². The van der Waals surface area contributed by atoms with Crippen LogP contribution in [0.1, 0.15) is 11.1 Å². The highest BCUT2D eigenvalue weighted by Gasteiger charge is 2.27. The number of nitrogens with zero attached hydrogens (tertiary/aromatic N) is 3. The standard InChI is InChI=1S/C22H19ClN4O5S/c1-16-7-10-19(13-21(16)23)26(33(31,32)20-5-3-2-4-6-20)15-22(28)25-24-14-17-8-11-18(12-9-17)27(29)30/h2-14H,15H2,1H3,(H,25,28)/b24-14-. The van der Waals surface area contributed by atoms with Crippen LogP contribution in [-0.4, -0.2) is 32.0 Å². The largest absolute Gasteiger partial charge is 0.271 e. The van der Waals surface area contributed by atoms with Gasteiger partial charge in [-0.05, 0) is 54.4 Å². The predicted octanol–water partition coefficient (Wildman–Crippen LogP) is 3.90. The van der Waals surface area contributed by atoms with E-state index in [1.165, 1.54) is 48.7 Å². The minimum absolute atomic E-state index is 0.0175. The molecule has 11 heteroatoms. The number of hydrazone groups is 1. The Bertz CT molecular complexity index is 1300. The minimum Gasteiger partial charge on any atom is -0.271 e. The van der Waals surface area contributed by atoms with Crippen LogP contribution in [0.4, 0.5) is 11.4 Å². The molecule has 0 saturated carbocycles. The molecule has 0 radical (unpaired) electrons. The van der Waals surface area contributed by atoms with E-state index in [1.807, 2.05) is 0 Å². The van der Waals surface area contributed by atoms with Gasteiger partial charge in [0.1, 0.15) is 6.54 Å². The van der Waals surface area contributed by atoms with Crippen molar-refractivity contribution in [3.63, 3.8) is 0 Å². The van der Waals surface area contributed by atoms with Gasteiger partial charge in [-0.3, -0.25) is 19.2 Å². The predicted molar refractivity (Wildman–Crippen MR) is 126 cm³/mol. The van der Waals surface area contributed by atoms with Gasteiger partial charge >= 0.3 is 0 Å². The van der Waals surface area contributed by atoms with E-state index in [1.54, 1.807) is 37.3 Å². The summed E-state index contributed by atoms with van der Waals surface area (Å²) < 4.78 is 27.5. The number of carbonyl (C=O) groups excluding carboxylic acids is 1. The number of hydrogen-bond donors (Lipinski definition) is 1. The zero-order valence-electron chi connectivity index (χ0n) is 17.4. The van der Waals surface area contributed by atoms with E-state index in [0.717, 1.165) is 9.87 Å². The van der Waals surface area contributed by atoms with Crippen LogP contribution < -0.4 is 9.73 Å². The lowest BCUT2D eigenvalue weighted by Crippen LogP contribution is -2.39. The summed E-state index contributed by atoms with van der Waals surface area (Å²) in [5, 5.41) is 14.9. The summed E-state index contributed by atoms with van der Waals surface area (Å²) in [6, 6.07) is 18.0. The number of benzene rings is 3. The van der Waals surface area contributed by atoms with E-state index in [2.05, 4.69) is 10.5 Å². The van der Waals surface area contributed by atoms with Crippen molar-refractivity contribution in [2.45, 2.75) is 11.8 Å². The fourth-order valence-corrected chi connectivity index (χ4v) is 4.41. The average Bonchev–Trinajstić information content (AvgIpc) is 2.80. The molecule has 0 aliphatic rings. The number of nitrogens with one attached hydrogen (secondary N) is 1. The SMILES string of the molecule is Cc1ccc(N(CC(=O)N/N=C\c2ccc([N+](=O)[O-])cc2)S(=O)(=O)c2ccccc2)cc1Cl. The molecule has 3 aromatic rings. The molecule has 0 fully saturated rings. The molecule has 0 aliphatic heterocycles. The molecule has 170 valence electrons. The van der Waals surface area contributed by atoms with E-state index in [9.17, 15) is 23.3 Å². The number of sulfonamides is 1. The average molecular weight is 487 g/mol. The molecule has 1 N–H and O–H groups in total. The summed E-state index contributed by atoms with van der Waals surface area (Å²) in [5.74, 6) is -0.690. The third-order valence-electron chi connectivity index (χ3n) is 4.57. The maximum absolute atomic E-state index is 13.3. The normalized spacial score (nSPS) is 11.3. The molecule has 0 atom stereocenters. The first-order valence-corrected chi connectivity index (χ1v) is 11.4. The van der Waals surface area contributed by atoms with E-state index in [4.69, 9.17) is 11.6 Å². The summed E-state index contributed by atoms with van der Waals surface area (Å²) in [6.07, 6.45) is 1.29. The molecule has 33 heavy (non-hydrogen) atoms. The molecule has 1 amide bonds. The van der Waals surface area contributed by atoms with Crippen molar-refractivity contribution < 1.29 is 18.1 Å². The molecule has 0 aromatic heterocycles. The van der Waals surface area contributed by atoms with Gasteiger partial charge in [0.25, 0.3) is 21.6 Å². The number of anilines is 1. The third kappa shape index (κ3) is 5.93. The minimum atomic E-state index is -4.07. The van der Waals surface area contributed by atoms with Gasteiger partial charge in [-0.1, -0.05) is 35.9 Å². The van der Waals surface area contributed by atoms with Gasteiger partial charge in [-0.15, -0.1) is 0 Å². The maximum Gasteiger partial charge on any atom is 0.269 e. The van der Waals surface area contributed by atoms with Crippen LogP contribution in [-0.2, 0) is 14.8 Å². The van der Waals surface area contributed by atoms with Crippen molar-refractivity contribution in [3.05, 3.63) is 99.1 Å². The Labute approximate surface area is 195 Å². The fraction of sp³-hybridized carbons (Fsp3) is 0.0909. The van der Waals surface area contributed by atoms with Gasteiger partial charge in [-0.2, -0.15) is 5.10 Å². The van der Waals surface area contributed by atoms with Crippen LogP contribution in [0.25, 0.3) is 0 Å². The summed E-state index contributed by atoms with van der Waals surface area (Å²) in [7, 11) is -4.07. The Morgan fingerprint density at radius 2 is 1.79 bits per heavy atom. The van der Waals surface area contributed by atoms with Crippen LogP contribution in [0, 0.1) is 17.0 Å². The summed E-state index contributed by atoms with van der Waals surface area (Å²) in [4.78, 5) is 22.7. The number of nitro groups is 1. The van der Waals surface area contributed by atoms with Crippen LogP contribution in [0.15, 0.2) is 82.8 Å². The van der Waals surface area contributed by atoms with Gasteiger partial charge in [0.2, 0.25) is 0 Å². The van der Waals surface area contributed by atoms with E-state index >= 15 is 0 Å². The van der Waals surface area contributed by atoms with Crippen LogP contribution in [0.5, 0.6) is 0 Å². The highest BCUT2D eigenvalue weighted by atomic mass is 35.5. The van der Waals surface area contributed by atoms with Crippen molar-refractivity contribution in [3.8, 4) is 0 Å². The van der Waals surface area contributed by atoms with E-state index < -0.39 is 27.4 Å². The second-order valence-corrected chi connectivity index (χ2v) is 9.17. The van der Waals surface area contributed by atoms with Crippen LogP contribution >= 0.6 is 11.6 Å². The topological polar surface area (TPSA) is 122 Å². The Hall–Kier alpha value is -3.76. The summed E-state index contributed by atoms with van der Waals surface area (Å²) >= 11 is 6.18. The summed E-state index contributed by atoms with van der Waals surface area (Å²) in [6.45, 7) is 1.23. The number of non-ortho nitro benzene ring substituents is 1. The number of nitro benzene ring substituents is 1. The Morgan fingerprint density at radius 3 is 2.39 bits per heavy atom. The highest BCUT2D eigenvalue weighted by Crippen LogP contribution is 2.27. The number of carbonyl (C=O) groups is 1. The second kappa shape index (κ2) is 10.2. The summed E-state index contributed by atoms with van der Waals surface area (Å²) in [5.41, 5.74) is 3.70. The molecule has 0 saturated heterocycles. The third-order valence-corrected chi connectivity index (χ3v) is 6.76. The molecular weight excluding hydrogens is 468 g/mol. The van der Waals surface area contributed by atoms with Crippen molar-refractivity contribution in [2.75, 3.05) is 10.8 Å². The molecule has 0 bridgehead atoms. The lowest BCUT2D eigenvalue weighted by molar-refractivity contribution is -0.384. The van der Waals surface area contributed by atoms with Gasteiger partial charge < -0.3 is 0 Å². The van der Waals surface area contributed by atoms with E-state index in [-0.39, 0.29) is 16.3 Å². The van der Waals surface area contributed by atoms with E-state index in [0.29, 0.717) is 10.6 Å². The zero-order valence-corrected chi connectivity index (χ0v) is 19.0. The van der Waals surface area contributed by atoms with Crippen molar-refractivity contribution in [2.24, 2.45) is 5.10 Å². The Balaban J connectivity index is 1.81. The highest BCUT2D eigenvalue weighted by molar-refractivity contribution is 7.92. The quantitative estimate of drug-likeness (QED) is 0.294. The fourth-order valence-electron chi connectivity index (χ4n) is 2.80. The first-order valence-electron chi connectivity index (χ1n) is 9.59.